The summed E-state index contributed by atoms with van der Waals surface area (Å²) in [7, 11) is 0. The Morgan fingerprint density at radius 1 is 1.25 bits per heavy atom. The molecule has 0 unspecified atom stereocenters. The van der Waals surface area contributed by atoms with E-state index in [1.54, 1.807) is 0 Å². The average molecular weight is 388 g/mol. The average Bonchev–Trinajstić information content (AvgIpc) is 2.74. The summed E-state index contributed by atoms with van der Waals surface area (Å²) in [6.45, 7) is 4.23. The summed E-state index contributed by atoms with van der Waals surface area (Å²) >= 11 is 2.27. The van der Waals surface area contributed by atoms with Crippen LogP contribution < -0.4 is 10.1 Å². The molecule has 1 aliphatic heterocycles. The van der Waals surface area contributed by atoms with Crippen molar-refractivity contribution in [1.29, 1.82) is 0 Å². The minimum Gasteiger partial charge on any atom is -0.494 e. The van der Waals surface area contributed by atoms with Gasteiger partial charge in [0.2, 0.25) is 5.91 Å². The molecule has 1 aromatic carbocycles. The first-order valence-corrected chi connectivity index (χ1v) is 8.20. The number of benzene rings is 1. The molecule has 4 nitrogen and oxygen atoms in total. The van der Waals surface area contributed by atoms with Gasteiger partial charge in [-0.2, -0.15) is 0 Å². The van der Waals surface area contributed by atoms with E-state index in [1.165, 1.54) is 3.57 Å². The van der Waals surface area contributed by atoms with Crippen molar-refractivity contribution in [2.24, 2.45) is 0 Å². The molecule has 1 aromatic rings. The van der Waals surface area contributed by atoms with Crippen molar-refractivity contribution >= 4 is 28.5 Å². The van der Waals surface area contributed by atoms with E-state index in [4.69, 9.17) is 4.74 Å². The molecule has 0 atom stereocenters. The normalized spacial score (nSPS) is 15.8. The van der Waals surface area contributed by atoms with Gasteiger partial charge in [-0.1, -0.05) is 0 Å². The van der Waals surface area contributed by atoms with E-state index in [2.05, 4.69) is 27.9 Å². The highest BCUT2D eigenvalue weighted by Gasteiger charge is 2.14. The molecule has 0 radical (unpaired) electrons. The second-order valence-electron chi connectivity index (χ2n) is 4.89. The zero-order chi connectivity index (χ0) is 14.2. The summed E-state index contributed by atoms with van der Waals surface area (Å²) < 4.78 is 6.83. The molecule has 0 spiro atoms. The summed E-state index contributed by atoms with van der Waals surface area (Å²) in [6, 6.07) is 7.96. The molecule has 0 aliphatic carbocycles. The number of halogens is 1. The zero-order valence-corrected chi connectivity index (χ0v) is 13.8. The van der Waals surface area contributed by atoms with E-state index < -0.39 is 0 Å². The molecule has 2 rings (SSSR count). The van der Waals surface area contributed by atoms with Crippen LogP contribution in [0.25, 0.3) is 0 Å². The first-order valence-electron chi connectivity index (χ1n) is 7.12. The predicted octanol–water partition coefficient (Wildman–Crippen LogP) is 2.27. The number of carbonyl (C=O) groups is 1. The van der Waals surface area contributed by atoms with Gasteiger partial charge < -0.3 is 15.0 Å². The molecule has 0 aromatic heterocycles. The monoisotopic (exact) mass is 388 g/mol. The number of nitrogens with one attached hydrogen (secondary N) is 1. The lowest BCUT2D eigenvalue weighted by Crippen LogP contribution is -2.34. The fraction of sp³-hybridized carbons (Fsp3) is 0.533. The Bertz CT molecular complexity index is 414. The van der Waals surface area contributed by atoms with Crippen molar-refractivity contribution < 1.29 is 9.53 Å². The number of hydrogen-bond acceptors (Lipinski definition) is 3. The smallest absolute Gasteiger partial charge is 0.222 e. The summed E-state index contributed by atoms with van der Waals surface area (Å²) in [4.78, 5) is 14.0. The molecule has 20 heavy (non-hydrogen) atoms. The van der Waals surface area contributed by atoms with E-state index in [1.807, 2.05) is 29.2 Å². The Morgan fingerprint density at radius 2 is 2.05 bits per heavy atom. The van der Waals surface area contributed by atoms with Crippen LogP contribution in [0.3, 0.4) is 0 Å². The number of amides is 1. The predicted molar refractivity (Wildman–Crippen MR) is 88.0 cm³/mol. The van der Waals surface area contributed by atoms with E-state index in [9.17, 15) is 4.79 Å². The fourth-order valence-electron chi connectivity index (χ4n) is 2.20. The van der Waals surface area contributed by atoms with Crippen molar-refractivity contribution in [1.82, 2.24) is 10.2 Å². The number of hydrogen-bond donors (Lipinski definition) is 1. The summed E-state index contributed by atoms with van der Waals surface area (Å²) in [6.07, 6.45) is 2.39. The summed E-state index contributed by atoms with van der Waals surface area (Å²) in [5.74, 6) is 1.12. The maximum atomic E-state index is 12.0. The highest BCUT2D eigenvalue weighted by Crippen LogP contribution is 2.14. The lowest BCUT2D eigenvalue weighted by Gasteiger charge is -2.19. The van der Waals surface area contributed by atoms with Crippen molar-refractivity contribution in [2.45, 2.75) is 19.3 Å². The Hall–Kier alpha value is -0.820. The molecule has 0 saturated carbocycles. The lowest BCUT2D eigenvalue weighted by atomic mass is 10.2. The van der Waals surface area contributed by atoms with Crippen molar-refractivity contribution in [2.75, 3.05) is 32.8 Å². The van der Waals surface area contributed by atoms with Crippen LogP contribution in [-0.2, 0) is 4.79 Å². The molecule has 1 aliphatic rings. The van der Waals surface area contributed by atoms with Crippen LogP contribution >= 0.6 is 22.6 Å². The molecule has 5 heteroatoms. The van der Waals surface area contributed by atoms with E-state index in [-0.39, 0.29) is 5.91 Å². The summed E-state index contributed by atoms with van der Waals surface area (Å²) in [5, 5.41) is 3.31. The fourth-order valence-corrected chi connectivity index (χ4v) is 2.56. The first kappa shape index (κ1) is 15.6. The second kappa shape index (κ2) is 8.46. The van der Waals surface area contributed by atoms with Crippen molar-refractivity contribution in [3.05, 3.63) is 27.8 Å². The van der Waals surface area contributed by atoms with Gasteiger partial charge >= 0.3 is 0 Å². The Morgan fingerprint density at radius 3 is 2.85 bits per heavy atom. The van der Waals surface area contributed by atoms with Crippen molar-refractivity contribution in [3.8, 4) is 5.75 Å². The Kier molecular flexibility index (Phi) is 6.59. The van der Waals surface area contributed by atoms with Gasteiger partial charge in [0.05, 0.1) is 6.61 Å². The third kappa shape index (κ3) is 5.28. The second-order valence-corrected chi connectivity index (χ2v) is 6.14. The molecule has 1 fully saturated rings. The third-order valence-corrected chi connectivity index (χ3v) is 4.03. The largest absolute Gasteiger partial charge is 0.494 e. The molecular weight excluding hydrogens is 367 g/mol. The lowest BCUT2D eigenvalue weighted by molar-refractivity contribution is -0.131. The van der Waals surface area contributed by atoms with Crippen LogP contribution in [0.2, 0.25) is 0 Å². The highest BCUT2D eigenvalue weighted by atomic mass is 127. The molecule has 1 heterocycles. The number of rotatable bonds is 5. The third-order valence-electron chi connectivity index (χ3n) is 3.31. The van der Waals surface area contributed by atoms with Gasteiger partial charge in [-0.15, -0.1) is 0 Å². The molecular formula is C15H21IN2O2. The van der Waals surface area contributed by atoms with Crippen molar-refractivity contribution in [3.63, 3.8) is 0 Å². The van der Waals surface area contributed by atoms with Gasteiger partial charge in [-0.05, 0) is 66.2 Å². The molecule has 1 N–H and O–H groups in total. The zero-order valence-electron chi connectivity index (χ0n) is 11.6. The molecule has 1 saturated heterocycles. The van der Waals surface area contributed by atoms with Crippen LogP contribution in [0.15, 0.2) is 24.3 Å². The van der Waals surface area contributed by atoms with Gasteiger partial charge in [-0.3, -0.25) is 4.79 Å². The molecule has 1 amide bonds. The van der Waals surface area contributed by atoms with Gasteiger partial charge in [0.25, 0.3) is 0 Å². The summed E-state index contributed by atoms with van der Waals surface area (Å²) in [5.41, 5.74) is 0. The van der Waals surface area contributed by atoms with E-state index >= 15 is 0 Å². The number of carbonyl (C=O) groups excluding carboxylic acids is 1. The van der Waals surface area contributed by atoms with Gasteiger partial charge in [0.15, 0.2) is 0 Å². The van der Waals surface area contributed by atoms with E-state index in [0.29, 0.717) is 13.0 Å². The topological polar surface area (TPSA) is 41.6 Å². The van der Waals surface area contributed by atoms with Crippen LogP contribution in [0.4, 0.5) is 0 Å². The van der Waals surface area contributed by atoms with Crippen LogP contribution in [0, 0.1) is 3.57 Å². The van der Waals surface area contributed by atoms with Gasteiger partial charge in [0, 0.05) is 29.6 Å². The Balaban J connectivity index is 1.64. The standard InChI is InChI=1S/C15H21IN2O2/c16-13-4-6-14(7-5-13)20-12-1-3-15(19)18-10-2-8-17-9-11-18/h4-7,17H,1-3,8-12H2. The molecule has 0 bridgehead atoms. The van der Waals surface area contributed by atoms with E-state index in [0.717, 1.165) is 44.8 Å². The maximum absolute atomic E-state index is 12.0. The van der Waals surface area contributed by atoms with Crippen LogP contribution in [-0.4, -0.2) is 43.6 Å². The maximum Gasteiger partial charge on any atom is 0.222 e. The number of ether oxygens (including phenoxy) is 1. The van der Waals surface area contributed by atoms with Gasteiger partial charge in [0.1, 0.15) is 5.75 Å². The SMILES string of the molecule is O=C(CCCOc1ccc(I)cc1)N1CCCNCC1. The van der Waals surface area contributed by atoms with Crippen LogP contribution in [0.5, 0.6) is 5.75 Å². The first-order chi connectivity index (χ1) is 9.75. The Labute approximate surface area is 134 Å². The quantitative estimate of drug-likeness (QED) is 0.622. The highest BCUT2D eigenvalue weighted by molar-refractivity contribution is 14.1. The number of nitrogens with zero attached hydrogens (tertiary/aromatic N) is 1. The minimum absolute atomic E-state index is 0.250. The molecule has 110 valence electrons. The minimum atomic E-state index is 0.250. The van der Waals surface area contributed by atoms with Crippen LogP contribution in [0.1, 0.15) is 19.3 Å². The van der Waals surface area contributed by atoms with Gasteiger partial charge in [-0.25, -0.2) is 0 Å².